The Hall–Kier alpha value is -2.55. The molecule has 20 heavy (non-hydrogen) atoms. The minimum absolute atomic E-state index is 0.0779. The summed E-state index contributed by atoms with van der Waals surface area (Å²) in [5.41, 5.74) is 0.684. The van der Waals surface area contributed by atoms with Crippen LogP contribution in [0.4, 0.5) is 0 Å². The molecule has 0 atom stereocenters. The Morgan fingerprint density at radius 3 is 2.45 bits per heavy atom. The Morgan fingerprint density at radius 1 is 1.00 bits per heavy atom. The first-order valence-corrected chi connectivity index (χ1v) is 6.46. The highest BCUT2D eigenvalue weighted by atomic mass is 16.5. The summed E-state index contributed by atoms with van der Waals surface area (Å²) in [5.74, 6) is 0.710. The van der Waals surface area contributed by atoms with Crippen LogP contribution >= 0.6 is 0 Å². The van der Waals surface area contributed by atoms with Gasteiger partial charge in [-0.25, -0.2) is 0 Å². The minimum Gasteiger partial charge on any atom is -0.497 e. The van der Waals surface area contributed by atoms with Gasteiger partial charge in [0.2, 0.25) is 0 Å². The first kappa shape index (κ1) is 12.5. The van der Waals surface area contributed by atoms with Crippen LogP contribution in [0.1, 0.15) is 10.4 Å². The molecule has 3 nitrogen and oxygen atoms in total. The van der Waals surface area contributed by atoms with E-state index in [9.17, 15) is 4.79 Å². The van der Waals surface area contributed by atoms with Crippen LogP contribution in [0.25, 0.3) is 21.5 Å². The van der Waals surface area contributed by atoms with E-state index in [2.05, 4.69) is 5.32 Å². The van der Waals surface area contributed by atoms with Gasteiger partial charge in [0, 0.05) is 12.6 Å². The molecule has 100 valence electrons. The lowest BCUT2D eigenvalue weighted by atomic mass is 9.96. The lowest BCUT2D eigenvalue weighted by molar-refractivity contribution is 0.0965. The molecule has 3 aromatic carbocycles. The lowest BCUT2D eigenvalue weighted by Crippen LogP contribution is -2.18. The molecule has 0 radical (unpaired) electrons. The van der Waals surface area contributed by atoms with Crippen LogP contribution in [-0.2, 0) is 0 Å². The van der Waals surface area contributed by atoms with Crippen LogP contribution in [0.5, 0.6) is 5.75 Å². The van der Waals surface area contributed by atoms with Crippen LogP contribution in [0.3, 0.4) is 0 Å². The molecule has 1 amide bonds. The maximum atomic E-state index is 12.1. The van der Waals surface area contributed by atoms with Crippen molar-refractivity contribution in [2.75, 3.05) is 14.2 Å². The second-order valence-electron chi connectivity index (χ2n) is 4.64. The fourth-order valence-corrected chi connectivity index (χ4v) is 2.54. The third kappa shape index (κ3) is 1.88. The van der Waals surface area contributed by atoms with Gasteiger partial charge in [0.25, 0.3) is 5.91 Å². The quantitative estimate of drug-likeness (QED) is 0.721. The Labute approximate surface area is 117 Å². The van der Waals surface area contributed by atoms with Gasteiger partial charge in [0.15, 0.2) is 0 Å². The summed E-state index contributed by atoms with van der Waals surface area (Å²) in [7, 11) is 3.29. The molecule has 3 heteroatoms. The molecule has 0 aliphatic heterocycles. The van der Waals surface area contributed by atoms with Crippen molar-refractivity contribution < 1.29 is 9.53 Å². The van der Waals surface area contributed by atoms with Gasteiger partial charge in [0.1, 0.15) is 5.75 Å². The Balaban J connectivity index is 2.44. The fourth-order valence-electron chi connectivity index (χ4n) is 2.54. The van der Waals surface area contributed by atoms with Gasteiger partial charge in [0.05, 0.1) is 7.11 Å². The average Bonchev–Trinajstić information content (AvgIpc) is 2.52. The van der Waals surface area contributed by atoms with E-state index in [4.69, 9.17) is 4.74 Å². The van der Waals surface area contributed by atoms with Crippen LogP contribution in [0, 0.1) is 0 Å². The average molecular weight is 265 g/mol. The van der Waals surface area contributed by atoms with Crippen molar-refractivity contribution in [2.24, 2.45) is 0 Å². The van der Waals surface area contributed by atoms with Gasteiger partial charge in [-0.1, -0.05) is 30.3 Å². The van der Waals surface area contributed by atoms with Crippen LogP contribution in [0.2, 0.25) is 0 Å². The molecule has 0 aliphatic rings. The number of hydrogen-bond donors (Lipinski definition) is 1. The van der Waals surface area contributed by atoms with Gasteiger partial charge in [-0.15, -0.1) is 0 Å². The number of benzene rings is 3. The monoisotopic (exact) mass is 265 g/mol. The standard InChI is InChI=1S/C17H15NO2/c1-18-17(19)16-10-11-9-12(20-2)7-8-13(11)14-5-3-4-6-15(14)16/h3-10H,1-2H3,(H,18,19). The smallest absolute Gasteiger partial charge is 0.251 e. The molecule has 0 unspecified atom stereocenters. The van der Waals surface area contributed by atoms with Crippen molar-refractivity contribution in [3.63, 3.8) is 0 Å². The number of carbonyl (C=O) groups is 1. The predicted octanol–water partition coefficient (Wildman–Crippen LogP) is 3.36. The fraction of sp³-hybridized carbons (Fsp3) is 0.118. The second-order valence-corrected chi connectivity index (χ2v) is 4.64. The molecule has 0 saturated carbocycles. The van der Waals surface area contributed by atoms with E-state index in [-0.39, 0.29) is 5.91 Å². The molecular formula is C17H15NO2. The lowest BCUT2D eigenvalue weighted by Gasteiger charge is -2.10. The van der Waals surface area contributed by atoms with Gasteiger partial charge in [-0.2, -0.15) is 0 Å². The first-order chi connectivity index (χ1) is 9.74. The molecule has 0 heterocycles. The SMILES string of the molecule is CNC(=O)c1cc2cc(OC)ccc2c2ccccc12. The molecule has 0 aliphatic carbocycles. The number of methoxy groups -OCH3 is 1. The number of hydrogen-bond acceptors (Lipinski definition) is 2. The molecule has 3 aromatic rings. The summed E-state index contributed by atoms with van der Waals surface area (Å²) >= 11 is 0. The molecule has 0 fully saturated rings. The summed E-state index contributed by atoms with van der Waals surface area (Å²) in [6.45, 7) is 0. The molecule has 3 rings (SSSR count). The Kier molecular flexibility index (Phi) is 3.03. The van der Waals surface area contributed by atoms with Crippen molar-refractivity contribution in [2.45, 2.75) is 0 Å². The van der Waals surface area contributed by atoms with Gasteiger partial charge in [-0.3, -0.25) is 4.79 Å². The van der Waals surface area contributed by atoms with E-state index in [0.717, 1.165) is 27.3 Å². The van der Waals surface area contributed by atoms with Crippen LogP contribution in [-0.4, -0.2) is 20.1 Å². The number of nitrogens with one attached hydrogen (secondary N) is 1. The summed E-state index contributed by atoms with van der Waals surface area (Å²) in [6, 6.07) is 15.8. The number of rotatable bonds is 2. The minimum atomic E-state index is -0.0779. The molecule has 0 saturated heterocycles. The molecule has 0 spiro atoms. The molecule has 0 aromatic heterocycles. The molecule has 1 N–H and O–H groups in total. The molecule has 0 bridgehead atoms. The highest BCUT2D eigenvalue weighted by molar-refractivity contribution is 6.17. The van der Waals surface area contributed by atoms with E-state index < -0.39 is 0 Å². The van der Waals surface area contributed by atoms with Gasteiger partial charge in [-0.05, 0) is 39.7 Å². The van der Waals surface area contributed by atoms with Crippen molar-refractivity contribution in [3.05, 3.63) is 54.1 Å². The third-order valence-electron chi connectivity index (χ3n) is 3.54. The first-order valence-electron chi connectivity index (χ1n) is 6.46. The zero-order valence-corrected chi connectivity index (χ0v) is 11.4. The van der Waals surface area contributed by atoms with Crippen LogP contribution < -0.4 is 10.1 Å². The maximum absolute atomic E-state index is 12.1. The summed E-state index contributed by atoms with van der Waals surface area (Å²) < 4.78 is 5.26. The van der Waals surface area contributed by atoms with E-state index in [1.165, 1.54) is 0 Å². The zero-order chi connectivity index (χ0) is 14.1. The number of amides is 1. The topological polar surface area (TPSA) is 38.3 Å². The molecular weight excluding hydrogens is 250 g/mol. The largest absolute Gasteiger partial charge is 0.497 e. The maximum Gasteiger partial charge on any atom is 0.251 e. The van der Waals surface area contributed by atoms with E-state index in [1.807, 2.05) is 48.5 Å². The van der Waals surface area contributed by atoms with Crippen LogP contribution in [0.15, 0.2) is 48.5 Å². The zero-order valence-electron chi connectivity index (χ0n) is 11.4. The highest BCUT2D eigenvalue weighted by Crippen LogP contribution is 2.31. The predicted molar refractivity (Wildman–Crippen MR) is 81.4 cm³/mol. The number of ether oxygens (including phenoxy) is 1. The second kappa shape index (κ2) is 4.85. The third-order valence-corrected chi connectivity index (χ3v) is 3.54. The summed E-state index contributed by atoms with van der Waals surface area (Å²) in [4.78, 5) is 12.1. The summed E-state index contributed by atoms with van der Waals surface area (Å²) in [5, 5.41) is 6.86. The Morgan fingerprint density at radius 2 is 1.75 bits per heavy atom. The highest BCUT2D eigenvalue weighted by Gasteiger charge is 2.11. The van der Waals surface area contributed by atoms with Crippen molar-refractivity contribution >= 4 is 27.5 Å². The van der Waals surface area contributed by atoms with Gasteiger partial charge >= 0.3 is 0 Å². The van der Waals surface area contributed by atoms with E-state index in [1.54, 1.807) is 14.2 Å². The van der Waals surface area contributed by atoms with E-state index in [0.29, 0.717) is 5.56 Å². The van der Waals surface area contributed by atoms with Crippen molar-refractivity contribution in [1.29, 1.82) is 0 Å². The Bertz CT molecular complexity index is 809. The summed E-state index contributed by atoms with van der Waals surface area (Å²) in [6.07, 6.45) is 0. The van der Waals surface area contributed by atoms with E-state index >= 15 is 0 Å². The number of carbonyl (C=O) groups excluding carboxylic acids is 1. The van der Waals surface area contributed by atoms with Crippen molar-refractivity contribution in [1.82, 2.24) is 5.32 Å². The normalized spacial score (nSPS) is 10.7. The van der Waals surface area contributed by atoms with Crippen molar-refractivity contribution in [3.8, 4) is 5.75 Å². The number of fused-ring (bicyclic) bond motifs is 3. The van der Waals surface area contributed by atoms with Gasteiger partial charge < -0.3 is 10.1 Å².